The fourth-order valence-corrected chi connectivity index (χ4v) is 5.21. The van der Waals surface area contributed by atoms with Crippen LogP contribution in [-0.2, 0) is 14.8 Å². The lowest BCUT2D eigenvalue weighted by Crippen LogP contribution is -2.33. The quantitative estimate of drug-likeness (QED) is 0.741. The number of nitrogens with zero attached hydrogens (tertiary/aromatic N) is 1. The van der Waals surface area contributed by atoms with E-state index in [1.165, 1.54) is 28.2 Å². The fraction of sp³-hybridized carbons (Fsp3) is 0.211. The van der Waals surface area contributed by atoms with E-state index in [-0.39, 0.29) is 16.6 Å². The Labute approximate surface area is 162 Å². The zero-order chi connectivity index (χ0) is 18.7. The number of carbonyl (C=O) groups is 1. The lowest BCUT2D eigenvalue weighted by molar-refractivity contribution is -0.108. The average Bonchev–Trinajstić information content (AvgIpc) is 3.09. The molecule has 1 aliphatic rings. The third-order valence-corrected chi connectivity index (χ3v) is 7.00. The molecule has 1 aliphatic heterocycles. The normalized spacial score (nSPS) is 17.9. The van der Waals surface area contributed by atoms with Gasteiger partial charge >= 0.3 is 0 Å². The molecule has 0 aromatic heterocycles. The Morgan fingerprint density at radius 2 is 1.81 bits per heavy atom. The van der Waals surface area contributed by atoms with Crippen LogP contribution in [0.1, 0.15) is 18.5 Å². The summed E-state index contributed by atoms with van der Waals surface area (Å²) in [5, 5.41) is 0.383. The summed E-state index contributed by atoms with van der Waals surface area (Å²) in [6.45, 7) is 2.06. The van der Waals surface area contributed by atoms with Crippen LogP contribution in [0.4, 0.5) is 0 Å². The number of hydrogen-bond acceptors (Lipinski definition) is 4. The first-order valence-electron chi connectivity index (χ1n) is 8.14. The van der Waals surface area contributed by atoms with Crippen molar-refractivity contribution in [3.8, 4) is 0 Å². The first-order chi connectivity index (χ1) is 12.4. The largest absolute Gasteiger partial charge is 0.282 e. The predicted octanol–water partition coefficient (Wildman–Crippen LogP) is 4.29. The number of rotatable bonds is 5. The highest BCUT2D eigenvalue weighted by molar-refractivity contribution is 8.14. The molecule has 2 aromatic carbocycles. The number of carbonyl (C=O) groups excluding carboxylic acids is 1. The summed E-state index contributed by atoms with van der Waals surface area (Å²) < 4.78 is 27.7. The molecule has 3 rings (SSSR count). The monoisotopic (exact) mass is 407 g/mol. The number of halogens is 1. The molecule has 0 saturated carbocycles. The van der Waals surface area contributed by atoms with E-state index in [1.807, 2.05) is 37.3 Å². The zero-order valence-electron chi connectivity index (χ0n) is 14.1. The summed E-state index contributed by atoms with van der Waals surface area (Å²) in [5.74, 6) is 0.640. The van der Waals surface area contributed by atoms with E-state index in [4.69, 9.17) is 11.6 Å². The molecule has 0 aliphatic carbocycles. The molecule has 2 aromatic rings. The van der Waals surface area contributed by atoms with Crippen LogP contribution in [0.5, 0.6) is 0 Å². The van der Waals surface area contributed by atoms with E-state index < -0.39 is 16.1 Å². The van der Waals surface area contributed by atoms with Gasteiger partial charge in [0, 0.05) is 17.1 Å². The molecular weight excluding hydrogens is 390 g/mol. The van der Waals surface area contributed by atoms with Crippen molar-refractivity contribution in [3.63, 3.8) is 0 Å². The van der Waals surface area contributed by atoms with Gasteiger partial charge in [-0.05, 0) is 35.6 Å². The summed E-state index contributed by atoms with van der Waals surface area (Å²) in [7, 11) is -3.77. The Hall–Kier alpha value is -1.60. The highest BCUT2D eigenvalue weighted by atomic mass is 35.5. The number of hydrogen-bond donors (Lipinski definition) is 0. The minimum absolute atomic E-state index is 0.0878. The molecule has 0 saturated heterocycles. The van der Waals surface area contributed by atoms with Gasteiger partial charge in [0.2, 0.25) is 15.1 Å². The maximum atomic E-state index is 13.2. The Kier molecular flexibility index (Phi) is 5.87. The second kappa shape index (κ2) is 7.96. The van der Waals surface area contributed by atoms with E-state index in [9.17, 15) is 13.2 Å². The van der Waals surface area contributed by atoms with Gasteiger partial charge in [-0.15, -0.1) is 0 Å². The van der Waals surface area contributed by atoms with Crippen molar-refractivity contribution in [2.45, 2.75) is 17.9 Å². The fourth-order valence-electron chi connectivity index (χ4n) is 2.93. The molecule has 1 atom stereocenters. The Morgan fingerprint density at radius 1 is 1.15 bits per heavy atom. The molecule has 0 amide bonds. The molecule has 1 heterocycles. The van der Waals surface area contributed by atoms with Crippen LogP contribution in [-0.4, -0.2) is 30.1 Å². The molecule has 26 heavy (non-hydrogen) atoms. The Balaban J connectivity index is 2.03. The highest BCUT2D eigenvalue weighted by Crippen LogP contribution is 2.39. The smallest absolute Gasteiger partial charge is 0.244 e. The second-order valence-electron chi connectivity index (χ2n) is 5.72. The van der Waals surface area contributed by atoms with Crippen LogP contribution in [0.25, 0.3) is 0 Å². The van der Waals surface area contributed by atoms with Crippen molar-refractivity contribution >= 4 is 38.5 Å². The summed E-state index contributed by atoms with van der Waals surface area (Å²) >= 11 is 7.07. The minimum Gasteiger partial charge on any atom is -0.282 e. The minimum atomic E-state index is -3.77. The zero-order valence-corrected chi connectivity index (χ0v) is 16.5. The number of benzene rings is 2. The molecule has 4 nitrogen and oxygen atoms in total. The topological polar surface area (TPSA) is 54.5 Å². The summed E-state index contributed by atoms with van der Waals surface area (Å²) in [4.78, 5) is 12.7. The van der Waals surface area contributed by atoms with Crippen molar-refractivity contribution in [2.24, 2.45) is 0 Å². The van der Waals surface area contributed by atoms with E-state index in [0.717, 1.165) is 5.56 Å². The van der Waals surface area contributed by atoms with Crippen LogP contribution in [0.3, 0.4) is 0 Å². The van der Waals surface area contributed by atoms with Gasteiger partial charge in [-0.3, -0.25) is 4.79 Å². The SMILES string of the molecule is CCSC(=O)C1=CCN(S(=O)(=O)c2ccc(Cl)cc2)[C@H]1c1ccccc1. The van der Waals surface area contributed by atoms with Gasteiger partial charge in [0.1, 0.15) is 0 Å². The van der Waals surface area contributed by atoms with Gasteiger partial charge in [0.05, 0.1) is 10.9 Å². The molecule has 0 N–H and O–H groups in total. The lowest BCUT2D eigenvalue weighted by atomic mass is 10.0. The van der Waals surface area contributed by atoms with E-state index in [2.05, 4.69) is 0 Å². The first-order valence-corrected chi connectivity index (χ1v) is 10.9. The van der Waals surface area contributed by atoms with Gasteiger partial charge in [-0.2, -0.15) is 4.31 Å². The van der Waals surface area contributed by atoms with Gasteiger partial charge in [0.25, 0.3) is 0 Å². The Bertz CT molecular complexity index is 925. The van der Waals surface area contributed by atoms with E-state index in [1.54, 1.807) is 18.2 Å². The van der Waals surface area contributed by atoms with Crippen molar-refractivity contribution in [2.75, 3.05) is 12.3 Å². The first kappa shape index (κ1) is 19.2. The highest BCUT2D eigenvalue weighted by Gasteiger charge is 2.40. The molecule has 0 fully saturated rings. The molecule has 0 unspecified atom stereocenters. The van der Waals surface area contributed by atoms with Gasteiger partial charge < -0.3 is 0 Å². The van der Waals surface area contributed by atoms with Gasteiger partial charge in [-0.1, -0.05) is 66.7 Å². The van der Waals surface area contributed by atoms with Crippen molar-refractivity contribution in [1.29, 1.82) is 0 Å². The number of thioether (sulfide) groups is 1. The van der Waals surface area contributed by atoms with E-state index in [0.29, 0.717) is 16.3 Å². The maximum absolute atomic E-state index is 13.2. The molecule has 0 bridgehead atoms. The van der Waals surface area contributed by atoms with Gasteiger partial charge in [-0.25, -0.2) is 8.42 Å². The third-order valence-electron chi connectivity index (χ3n) is 4.12. The summed E-state index contributed by atoms with van der Waals surface area (Å²) in [6, 6.07) is 14.7. The third kappa shape index (κ3) is 3.74. The van der Waals surface area contributed by atoms with Crippen LogP contribution in [0, 0.1) is 0 Å². The summed E-state index contributed by atoms with van der Waals surface area (Å²) in [6.07, 6.45) is 1.72. The summed E-state index contributed by atoms with van der Waals surface area (Å²) in [5.41, 5.74) is 1.29. The van der Waals surface area contributed by atoms with Crippen LogP contribution in [0.15, 0.2) is 71.1 Å². The van der Waals surface area contributed by atoms with Crippen LogP contribution in [0.2, 0.25) is 5.02 Å². The van der Waals surface area contributed by atoms with E-state index >= 15 is 0 Å². The Morgan fingerprint density at radius 3 is 2.42 bits per heavy atom. The van der Waals surface area contributed by atoms with Crippen LogP contribution >= 0.6 is 23.4 Å². The molecule has 0 radical (unpaired) electrons. The maximum Gasteiger partial charge on any atom is 0.244 e. The van der Waals surface area contributed by atoms with Crippen molar-refractivity contribution in [1.82, 2.24) is 4.31 Å². The molecule has 7 heteroatoms. The van der Waals surface area contributed by atoms with Crippen molar-refractivity contribution in [3.05, 3.63) is 76.8 Å². The standard InChI is InChI=1S/C19H18ClNO3S2/c1-2-25-19(22)17-12-13-21(18(17)14-6-4-3-5-7-14)26(23,24)16-10-8-15(20)9-11-16/h3-12,18H,2,13H2,1H3/t18-/m0/s1. The molecular formula is C19H18ClNO3S2. The molecule has 136 valence electrons. The number of sulfonamides is 1. The van der Waals surface area contributed by atoms with Crippen molar-refractivity contribution < 1.29 is 13.2 Å². The van der Waals surface area contributed by atoms with Gasteiger partial charge in [0.15, 0.2) is 0 Å². The van der Waals surface area contributed by atoms with Crippen LogP contribution < -0.4 is 0 Å². The lowest BCUT2D eigenvalue weighted by Gasteiger charge is -2.26. The second-order valence-corrected chi connectivity index (χ2v) is 9.29. The average molecular weight is 408 g/mol. The molecule has 0 spiro atoms. The predicted molar refractivity (Wildman–Crippen MR) is 106 cm³/mol.